The summed E-state index contributed by atoms with van der Waals surface area (Å²) in [4.78, 5) is 3.66. The first kappa shape index (κ1) is 15.4. The lowest BCUT2D eigenvalue weighted by atomic mass is 10.1. The minimum absolute atomic E-state index is 0.418. The normalized spacial score (nSPS) is 12.4. The van der Waals surface area contributed by atoms with Crippen LogP contribution in [0.2, 0.25) is 5.02 Å². The van der Waals surface area contributed by atoms with Gasteiger partial charge in [-0.05, 0) is 43.1 Å². The number of benzene rings is 1. The fourth-order valence-electron chi connectivity index (χ4n) is 2.24. The molecule has 2 aromatic rings. The van der Waals surface area contributed by atoms with Crippen LogP contribution >= 0.6 is 22.9 Å². The third-order valence-electron chi connectivity index (χ3n) is 3.51. The van der Waals surface area contributed by atoms with Crippen LogP contribution in [0.4, 0.5) is 5.69 Å². The van der Waals surface area contributed by atoms with Gasteiger partial charge >= 0.3 is 0 Å². The molecule has 1 aromatic heterocycles. The zero-order valence-electron chi connectivity index (χ0n) is 12.2. The minimum atomic E-state index is 0.418. The van der Waals surface area contributed by atoms with Crippen molar-refractivity contribution in [3.63, 3.8) is 0 Å². The van der Waals surface area contributed by atoms with Crippen LogP contribution in [-0.4, -0.2) is 20.1 Å². The van der Waals surface area contributed by atoms with Gasteiger partial charge in [0.2, 0.25) is 0 Å². The summed E-state index contributed by atoms with van der Waals surface area (Å²) in [5.41, 5.74) is 2.30. The topological polar surface area (TPSA) is 15.3 Å². The lowest BCUT2D eigenvalue weighted by Crippen LogP contribution is -2.30. The molecule has 0 aliphatic heterocycles. The average Bonchev–Trinajstić information content (AvgIpc) is 2.91. The molecule has 20 heavy (non-hydrogen) atoms. The number of hydrogen-bond acceptors (Lipinski definition) is 3. The molecule has 0 amide bonds. The Balaban J connectivity index is 2.09. The van der Waals surface area contributed by atoms with E-state index in [1.54, 1.807) is 0 Å². The highest BCUT2D eigenvalue weighted by Crippen LogP contribution is 2.28. The summed E-state index contributed by atoms with van der Waals surface area (Å²) in [6.45, 7) is 3.08. The zero-order chi connectivity index (χ0) is 14.5. The first-order chi connectivity index (χ1) is 9.61. The first-order valence-corrected chi connectivity index (χ1v) is 8.06. The molecule has 0 fully saturated rings. The molecular formula is C16H21ClN2S. The highest BCUT2D eigenvalue weighted by atomic mass is 35.5. The van der Waals surface area contributed by atoms with Crippen molar-refractivity contribution in [3.05, 3.63) is 51.2 Å². The van der Waals surface area contributed by atoms with Crippen molar-refractivity contribution >= 4 is 28.6 Å². The maximum atomic E-state index is 6.42. The summed E-state index contributed by atoms with van der Waals surface area (Å²) in [5, 5.41) is 6.09. The van der Waals surface area contributed by atoms with Crippen LogP contribution in [0.5, 0.6) is 0 Å². The van der Waals surface area contributed by atoms with Crippen LogP contribution in [-0.2, 0) is 13.0 Å². The van der Waals surface area contributed by atoms with Gasteiger partial charge in [-0.2, -0.15) is 0 Å². The van der Waals surface area contributed by atoms with Gasteiger partial charge in [-0.25, -0.2) is 0 Å². The Morgan fingerprint density at radius 2 is 2.15 bits per heavy atom. The maximum Gasteiger partial charge on any atom is 0.0642 e. The third kappa shape index (κ3) is 3.75. The Hall–Kier alpha value is -1.03. The highest BCUT2D eigenvalue weighted by Gasteiger charge is 2.14. The Labute approximate surface area is 130 Å². The molecule has 0 saturated heterocycles. The summed E-state index contributed by atoms with van der Waals surface area (Å²) < 4.78 is 0. The van der Waals surface area contributed by atoms with Crippen molar-refractivity contribution in [1.82, 2.24) is 5.32 Å². The molecule has 1 heterocycles. The molecule has 0 aliphatic carbocycles. The lowest BCUT2D eigenvalue weighted by molar-refractivity contribution is 0.688. The Morgan fingerprint density at radius 1 is 1.35 bits per heavy atom. The van der Waals surface area contributed by atoms with E-state index in [-0.39, 0.29) is 0 Å². The van der Waals surface area contributed by atoms with Crippen LogP contribution in [0.3, 0.4) is 0 Å². The average molecular weight is 309 g/mol. The second kappa shape index (κ2) is 7.11. The molecule has 2 nitrogen and oxygen atoms in total. The lowest BCUT2D eigenvalue weighted by Gasteiger charge is -2.28. The van der Waals surface area contributed by atoms with Gasteiger partial charge in [-0.15, -0.1) is 11.3 Å². The number of nitrogens with one attached hydrogen (secondary N) is 1. The summed E-state index contributed by atoms with van der Waals surface area (Å²) in [6.07, 6.45) is 1.04. The zero-order valence-corrected chi connectivity index (χ0v) is 13.8. The molecule has 0 saturated carbocycles. The molecule has 0 spiro atoms. The Kier molecular flexibility index (Phi) is 5.46. The van der Waals surface area contributed by atoms with Gasteiger partial charge in [-0.1, -0.05) is 23.7 Å². The van der Waals surface area contributed by atoms with E-state index >= 15 is 0 Å². The van der Waals surface area contributed by atoms with Crippen LogP contribution in [0.1, 0.15) is 17.4 Å². The Morgan fingerprint density at radius 3 is 2.75 bits per heavy atom. The number of halogens is 1. The number of hydrogen-bond donors (Lipinski definition) is 1. The Bertz CT molecular complexity index is 539. The second-order valence-corrected chi connectivity index (χ2v) is 6.50. The number of nitrogens with zero attached hydrogens (tertiary/aromatic N) is 1. The van der Waals surface area contributed by atoms with Gasteiger partial charge in [0.1, 0.15) is 0 Å². The van der Waals surface area contributed by atoms with Crippen molar-refractivity contribution in [2.45, 2.75) is 25.9 Å². The van der Waals surface area contributed by atoms with Gasteiger partial charge < -0.3 is 10.2 Å². The van der Waals surface area contributed by atoms with E-state index < -0.39 is 0 Å². The molecule has 1 N–H and O–H groups in total. The highest BCUT2D eigenvalue weighted by molar-refractivity contribution is 7.09. The van der Waals surface area contributed by atoms with Crippen molar-refractivity contribution in [2.75, 3.05) is 19.0 Å². The minimum Gasteiger partial charge on any atom is -0.370 e. The fourth-order valence-corrected chi connectivity index (χ4v) is 3.41. The number of rotatable bonds is 6. The van der Waals surface area contributed by atoms with Crippen LogP contribution in [0, 0.1) is 0 Å². The predicted octanol–water partition coefficient (Wildman–Crippen LogP) is 4.19. The van der Waals surface area contributed by atoms with Crippen LogP contribution in [0.15, 0.2) is 35.7 Å². The molecule has 2 rings (SSSR count). The third-order valence-corrected chi connectivity index (χ3v) is 4.71. The molecule has 108 valence electrons. The largest absolute Gasteiger partial charge is 0.370 e. The number of likely N-dealkylation sites (N-methyl/N-ethyl adjacent to an activating group) is 1. The maximum absolute atomic E-state index is 6.42. The van der Waals surface area contributed by atoms with E-state index in [1.807, 2.05) is 24.5 Å². The van der Waals surface area contributed by atoms with Crippen molar-refractivity contribution < 1.29 is 0 Å². The van der Waals surface area contributed by atoms with Gasteiger partial charge in [0.05, 0.1) is 10.7 Å². The molecule has 0 bridgehead atoms. The van der Waals surface area contributed by atoms with Gasteiger partial charge in [-0.3, -0.25) is 0 Å². The SMILES string of the molecule is CNCc1ccc(N(C)C(C)Cc2cccs2)c(Cl)c1. The fraction of sp³-hybridized carbons (Fsp3) is 0.375. The smallest absolute Gasteiger partial charge is 0.0642 e. The van der Waals surface area contributed by atoms with Crippen LogP contribution < -0.4 is 10.2 Å². The summed E-state index contributed by atoms with van der Waals surface area (Å²) in [7, 11) is 4.05. The second-order valence-electron chi connectivity index (χ2n) is 5.06. The van der Waals surface area contributed by atoms with E-state index in [0.717, 1.165) is 23.7 Å². The summed E-state index contributed by atoms with van der Waals surface area (Å²) in [5.74, 6) is 0. The van der Waals surface area contributed by atoms with E-state index in [2.05, 4.69) is 53.8 Å². The van der Waals surface area contributed by atoms with Gasteiger partial charge in [0.25, 0.3) is 0 Å². The molecule has 1 aromatic carbocycles. The predicted molar refractivity (Wildman–Crippen MR) is 90.1 cm³/mol. The standard InChI is InChI=1S/C16H21ClN2S/c1-12(9-14-5-4-8-20-14)19(3)16-7-6-13(11-18-2)10-15(16)17/h4-8,10,12,18H,9,11H2,1-3H3. The van der Waals surface area contributed by atoms with Crippen molar-refractivity contribution in [3.8, 4) is 0 Å². The van der Waals surface area contributed by atoms with E-state index in [4.69, 9.17) is 11.6 Å². The molecule has 0 radical (unpaired) electrons. The van der Waals surface area contributed by atoms with Gasteiger partial charge in [0.15, 0.2) is 0 Å². The van der Waals surface area contributed by atoms with E-state index in [1.165, 1.54) is 10.4 Å². The van der Waals surface area contributed by atoms with Crippen molar-refractivity contribution in [2.24, 2.45) is 0 Å². The summed E-state index contributed by atoms with van der Waals surface area (Å²) in [6, 6.07) is 11.0. The van der Waals surface area contributed by atoms with E-state index in [9.17, 15) is 0 Å². The quantitative estimate of drug-likeness (QED) is 0.861. The number of thiophene rings is 1. The molecule has 0 aliphatic rings. The molecule has 4 heteroatoms. The monoisotopic (exact) mass is 308 g/mol. The van der Waals surface area contributed by atoms with E-state index in [0.29, 0.717) is 6.04 Å². The van der Waals surface area contributed by atoms with Gasteiger partial charge in [0, 0.05) is 30.9 Å². The van der Waals surface area contributed by atoms with Crippen LogP contribution in [0.25, 0.3) is 0 Å². The first-order valence-electron chi connectivity index (χ1n) is 6.80. The molecular weight excluding hydrogens is 288 g/mol. The van der Waals surface area contributed by atoms with Crippen molar-refractivity contribution in [1.29, 1.82) is 0 Å². The summed E-state index contributed by atoms with van der Waals surface area (Å²) >= 11 is 8.23. The molecule has 1 unspecified atom stereocenters. The molecule has 1 atom stereocenters. The number of anilines is 1.